The standard InChI is InChI=1S/C14H29N3/c1-3-17-10-6-14(7-11-17)15-12-13-4-8-16(2)9-5-13/h13-15H,3-12H2,1-2H3. The van der Waals surface area contributed by atoms with E-state index in [0.29, 0.717) is 0 Å². The fourth-order valence-corrected chi connectivity index (χ4v) is 3.05. The molecule has 2 saturated heterocycles. The highest BCUT2D eigenvalue weighted by molar-refractivity contribution is 4.79. The van der Waals surface area contributed by atoms with Crippen molar-refractivity contribution >= 4 is 0 Å². The molecule has 0 amide bonds. The maximum atomic E-state index is 3.81. The molecule has 0 aromatic carbocycles. The maximum Gasteiger partial charge on any atom is 0.00915 e. The normalized spacial score (nSPS) is 26.5. The van der Waals surface area contributed by atoms with Gasteiger partial charge in [-0.3, -0.25) is 0 Å². The van der Waals surface area contributed by atoms with Crippen LogP contribution in [-0.2, 0) is 0 Å². The molecule has 2 rings (SSSR count). The topological polar surface area (TPSA) is 18.5 Å². The molecule has 0 saturated carbocycles. The third-order valence-corrected chi connectivity index (χ3v) is 4.57. The van der Waals surface area contributed by atoms with Gasteiger partial charge < -0.3 is 15.1 Å². The van der Waals surface area contributed by atoms with Crippen molar-refractivity contribution < 1.29 is 0 Å². The number of nitrogens with one attached hydrogen (secondary N) is 1. The Bertz CT molecular complexity index is 204. The van der Waals surface area contributed by atoms with Crippen LogP contribution in [0.5, 0.6) is 0 Å². The summed E-state index contributed by atoms with van der Waals surface area (Å²) in [6.45, 7) is 9.92. The Labute approximate surface area is 107 Å². The first-order chi connectivity index (χ1) is 8.28. The highest BCUT2D eigenvalue weighted by atomic mass is 15.1. The van der Waals surface area contributed by atoms with E-state index in [4.69, 9.17) is 0 Å². The van der Waals surface area contributed by atoms with Crippen LogP contribution >= 0.6 is 0 Å². The largest absolute Gasteiger partial charge is 0.314 e. The van der Waals surface area contributed by atoms with Gasteiger partial charge in [-0.1, -0.05) is 6.92 Å². The lowest BCUT2D eigenvalue weighted by atomic mass is 9.96. The third-order valence-electron chi connectivity index (χ3n) is 4.57. The van der Waals surface area contributed by atoms with Crippen LogP contribution in [0.25, 0.3) is 0 Å². The van der Waals surface area contributed by atoms with Gasteiger partial charge in [0.15, 0.2) is 0 Å². The third kappa shape index (κ3) is 4.23. The van der Waals surface area contributed by atoms with Crippen LogP contribution in [0.15, 0.2) is 0 Å². The van der Waals surface area contributed by atoms with Gasteiger partial charge in [0.25, 0.3) is 0 Å². The van der Waals surface area contributed by atoms with Gasteiger partial charge in [-0.25, -0.2) is 0 Å². The summed E-state index contributed by atoms with van der Waals surface area (Å²) >= 11 is 0. The Morgan fingerprint density at radius 1 is 1.00 bits per heavy atom. The second-order valence-electron chi connectivity index (χ2n) is 5.86. The Morgan fingerprint density at radius 3 is 2.24 bits per heavy atom. The van der Waals surface area contributed by atoms with Crippen molar-refractivity contribution in [1.29, 1.82) is 0 Å². The first-order valence-corrected chi connectivity index (χ1v) is 7.42. The van der Waals surface area contributed by atoms with Gasteiger partial charge >= 0.3 is 0 Å². The molecule has 17 heavy (non-hydrogen) atoms. The van der Waals surface area contributed by atoms with Crippen LogP contribution in [-0.4, -0.2) is 62.2 Å². The molecule has 0 aliphatic carbocycles. The number of hydrogen-bond acceptors (Lipinski definition) is 3. The minimum absolute atomic E-state index is 0.789. The molecule has 0 aromatic rings. The quantitative estimate of drug-likeness (QED) is 0.800. The van der Waals surface area contributed by atoms with Crippen molar-refractivity contribution in [2.75, 3.05) is 46.3 Å². The molecule has 2 fully saturated rings. The summed E-state index contributed by atoms with van der Waals surface area (Å²) in [7, 11) is 2.24. The summed E-state index contributed by atoms with van der Waals surface area (Å²) < 4.78 is 0. The fraction of sp³-hybridized carbons (Fsp3) is 1.00. The van der Waals surface area contributed by atoms with Gasteiger partial charge in [-0.05, 0) is 77.9 Å². The number of hydrogen-bond donors (Lipinski definition) is 1. The Balaban J connectivity index is 1.59. The maximum absolute atomic E-state index is 3.81. The monoisotopic (exact) mass is 239 g/mol. The van der Waals surface area contributed by atoms with Gasteiger partial charge in [0, 0.05) is 6.04 Å². The molecule has 3 nitrogen and oxygen atoms in total. The molecule has 0 unspecified atom stereocenters. The Kier molecular flexibility index (Phi) is 5.26. The number of nitrogens with zero attached hydrogens (tertiary/aromatic N) is 2. The lowest BCUT2D eigenvalue weighted by Crippen LogP contribution is -2.44. The zero-order valence-corrected chi connectivity index (χ0v) is 11.6. The molecule has 0 bridgehead atoms. The van der Waals surface area contributed by atoms with E-state index in [-0.39, 0.29) is 0 Å². The smallest absolute Gasteiger partial charge is 0.00915 e. The number of likely N-dealkylation sites (tertiary alicyclic amines) is 2. The van der Waals surface area contributed by atoms with E-state index in [1.54, 1.807) is 0 Å². The van der Waals surface area contributed by atoms with Crippen LogP contribution in [0.3, 0.4) is 0 Å². The van der Waals surface area contributed by atoms with Crippen LogP contribution < -0.4 is 5.32 Å². The molecule has 0 spiro atoms. The lowest BCUT2D eigenvalue weighted by Gasteiger charge is -2.34. The molecule has 0 aromatic heterocycles. The second kappa shape index (κ2) is 6.72. The lowest BCUT2D eigenvalue weighted by molar-refractivity contribution is 0.184. The van der Waals surface area contributed by atoms with E-state index in [2.05, 4.69) is 29.1 Å². The second-order valence-corrected chi connectivity index (χ2v) is 5.86. The summed E-state index contributed by atoms with van der Waals surface area (Å²) in [4.78, 5) is 5.02. The summed E-state index contributed by atoms with van der Waals surface area (Å²) in [6, 6.07) is 0.789. The van der Waals surface area contributed by atoms with Crippen molar-refractivity contribution in [3.8, 4) is 0 Å². The molecular formula is C14H29N3. The first kappa shape index (κ1) is 13.3. The Hall–Kier alpha value is -0.120. The molecule has 2 aliphatic rings. The van der Waals surface area contributed by atoms with Crippen molar-refractivity contribution in [3.05, 3.63) is 0 Å². The molecule has 0 atom stereocenters. The van der Waals surface area contributed by atoms with E-state index in [1.165, 1.54) is 65.0 Å². The summed E-state index contributed by atoms with van der Waals surface area (Å²) in [5, 5.41) is 3.81. The van der Waals surface area contributed by atoms with E-state index in [1.807, 2.05) is 0 Å². The van der Waals surface area contributed by atoms with E-state index < -0.39 is 0 Å². The van der Waals surface area contributed by atoms with Gasteiger partial charge in [0.1, 0.15) is 0 Å². The highest BCUT2D eigenvalue weighted by Gasteiger charge is 2.20. The Morgan fingerprint density at radius 2 is 1.65 bits per heavy atom. The molecule has 1 N–H and O–H groups in total. The first-order valence-electron chi connectivity index (χ1n) is 7.42. The zero-order chi connectivity index (χ0) is 12.1. The van der Waals surface area contributed by atoms with Gasteiger partial charge in [0.05, 0.1) is 0 Å². The predicted molar refractivity (Wildman–Crippen MR) is 73.4 cm³/mol. The molecule has 100 valence electrons. The fourth-order valence-electron chi connectivity index (χ4n) is 3.05. The number of piperidine rings is 2. The average molecular weight is 239 g/mol. The molecular weight excluding hydrogens is 210 g/mol. The average Bonchev–Trinajstić information content (AvgIpc) is 2.39. The SMILES string of the molecule is CCN1CCC(NCC2CCN(C)CC2)CC1. The minimum Gasteiger partial charge on any atom is -0.314 e. The van der Waals surface area contributed by atoms with Crippen molar-refractivity contribution in [2.45, 2.75) is 38.6 Å². The zero-order valence-electron chi connectivity index (χ0n) is 11.6. The summed E-state index contributed by atoms with van der Waals surface area (Å²) in [6.07, 6.45) is 5.47. The van der Waals surface area contributed by atoms with Crippen molar-refractivity contribution in [2.24, 2.45) is 5.92 Å². The van der Waals surface area contributed by atoms with Crippen molar-refractivity contribution in [3.63, 3.8) is 0 Å². The van der Waals surface area contributed by atoms with E-state index in [9.17, 15) is 0 Å². The van der Waals surface area contributed by atoms with Crippen LogP contribution in [0.2, 0.25) is 0 Å². The van der Waals surface area contributed by atoms with E-state index >= 15 is 0 Å². The summed E-state index contributed by atoms with van der Waals surface area (Å²) in [5.41, 5.74) is 0. The van der Waals surface area contributed by atoms with Crippen LogP contribution in [0.1, 0.15) is 32.6 Å². The minimum atomic E-state index is 0.789. The van der Waals surface area contributed by atoms with Crippen LogP contribution in [0, 0.1) is 5.92 Å². The summed E-state index contributed by atoms with van der Waals surface area (Å²) in [5.74, 6) is 0.926. The molecule has 0 radical (unpaired) electrons. The molecule has 3 heteroatoms. The highest BCUT2D eigenvalue weighted by Crippen LogP contribution is 2.16. The van der Waals surface area contributed by atoms with E-state index in [0.717, 1.165) is 12.0 Å². The number of rotatable bonds is 4. The van der Waals surface area contributed by atoms with Gasteiger partial charge in [-0.2, -0.15) is 0 Å². The predicted octanol–water partition coefficient (Wildman–Crippen LogP) is 1.40. The van der Waals surface area contributed by atoms with Gasteiger partial charge in [-0.15, -0.1) is 0 Å². The van der Waals surface area contributed by atoms with Gasteiger partial charge in [0.2, 0.25) is 0 Å². The molecule has 2 heterocycles. The molecule has 2 aliphatic heterocycles. The van der Waals surface area contributed by atoms with Crippen LogP contribution in [0.4, 0.5) is 0 Å². The van der Waals surface area contributed by atoms with Crippen molar-refractivity contribution in [1.82, 2.24) is 15.1 Å².